The fourth-order valence-corrected chi connectivity index (χ4v) is 3.95. The third-order valence-electron chi connectivity index (χ3n) is 4.42. The van der Waals surface area contributed by atoms with E-state index in [4.69, 9.17) is 0 Å². The molecule has 0 saturated heterocycles. The van der Waals surface area contributed by atoms with E-state index < -0.39 is 0 Å². The summed E-state index contributed by atoms with van der Waals surface area (Å²) in [5.41, 5.74) is 3.27. The van der Waals surface area contributed by atoms with Crippen molar-refractivity contribution in [3.8, 4) is 0 Å². The summed E-state index contributed by atoms with van der Waals surface area (Å²) in [5.74, 6) is 0.250. The normalized spacial score (nSPS) is 14.2. The van der Waals surface area contributed by atoms with Crippen molar-refractivity contribution in [2.24, 2.45) is 0 Å². The van der Waals surface area contributed by atoms with Crippen LogP contribution in [0.1, 0.15) is 28.8 Å². The van der Waals surface area contributed by atoms with Gasteiger partial charge in [-0.05, 0) is 41.8 Å². The number of rotatable bonds is 4. The van der Waals surface area contributed by atoms with Crippen molar-refractivity contribution in [1.29, 1.82) is 0 Å². The average molecular weight is 326 g/mol. The zero-order valence-electron chi connectivity index (χ0n) is 12.8. The van der Waals surface area contributed by atoms with Gasteiger partial charge in [0.1, 0.15) is 0 Å². The fourth-order valence-electron chi connectivity index (χ4n) is 3.19. The van der Waals surface area contributed by atoms with E-state index in [9.17, 15) is 4.79 Å². The molecule has 0 aliphatic carbocycles. The molecule has 0 aromatic carbocycles. The number of aryl methyl sites for hydroxylation is 1. The van der Waals surface area contributed by atoms with Crippen LogP contribution in [0.15, 0.2) is 29.9 Å². The maximum Gasteiger partial charge on any atom is 0.222 e. The van der Waals surface area contributed by atoms with E-state index in [2.05, 4.69) is 32.7 Å². The molecule has 0 atom stereocenters. The third-order valence-corrected chi connectivity index (χ3v) is 5.36. The zero-order valence-corrected chi connectivity index (χ0v) is 13.6. The number of hydrogen-bond donors (Lipinski definition) is 1. The van der Waals surface area contributed by atoms with Crippen molar-refractivity contribution in [3.05, 3.63) is 45.9 Å². The van der Waals surface area contributed by atoms with Crippen molar-refractivity contribution in [2.75, 3.05) is 6.54 Å². The van der Waals surface area contributed by atoms with Gasteiger partial charge in [0.05, 0.1) is 6.20 Å². The lowest BCUT2D eigenvalue weighted by molar-refractivity contribution is -0.132. The Bertz CT molecular complexity index is 824. The number of pyridine rings is 1. The SMILES string of the molecule is O=C(CCCc1cccs1)N1CCc2c(cnc3[nH]ncc23)C1. The minimum absolute atomic E-state index is 0.250. The Morgan fingerprint density at radius 1 is 1.39 bits per heavy atom. The van der Waals surface area contributed by atoms with Gasteiger partial charge in [-0.25, -0.2) is 4.98 Å². The first kappa shape index (κ1) is 14.4. The number of carbonyl (C=O) groups excluding carboxylic acids is 1. The zero-order chi connectivity index (χ0) is 15.6. The van der Waals surface area contributed by atoms with Crippen LogP contribution in [0.25, 0.3) is 11.0 Å². The minimum atomic E-state index is 0.250. The first-order valence-corrected chi connectivity index (χ1v) is 8.79. The summed E-state index contributed by atoms with van der Waals surface area (Å²) in [6, 6.07) is 4.20. The first-order chi connectivity index (χ1) is 11.3. The predicted molar refractivity (Wildman–Crippen MR) is 90.3 cm³/mol. The van der Waals surface area contributed by atoms with Crippen molar-refractivity contribution in [3.63, 3.8) is 0 Å². The molecule has 1 N–H and O–H groups in total. The highest BCUT2D eigenvalue weighted by atomic mass is 32.1. The molecule has 0 spiro atoms. The van der Waals surface area contributed by atoms with Crippen LogP contribution < -0.4 is 0 Å². The van der Waals surface area contributed by atoms with E-state index >= 15 is 0 Å². The van der Waals surface area contributed by atoms with Crippen molar-refractivity contribution in [1.82, 2.24) is 20.1 Å². The maximum absolute atomic E-state index is 12.4. The highest BCUT2D eigenvalue weighted by Crippen LogP contribution is 2.25. The summed E-state index contributed by atoms with van der Waals surface area (Å²) in [6.07, 6.45) is 7.12. The maximum atomic E-state index is 12.4. The lowest BCUT2D eigenvalue weighted by Crippen LogP contribution is -2.36. The number of nitrogens with one attached hydrogen (secondary N) is 1. The van der Waals surface area contributed by atoms with Crippen LogP contribution in [0.3, 0.4) is 0 Å². The smallest absolute Gasteiger partial charge is 0.222 e. The van der Waals surface area contributed by atoms with E-state index in [-0.39, 0.29) is 5.91 Å². The van der Waals surface area contributed by atoms with E-state index in [1.165, 1.54) is 10.4 Å². The molecule has 5 nitrogen and oxygen atoms in total. The summed E-state index contributed by atoms with van der Waals surface area (Å²) < 4.78 is 0. The Balaban J connectivity index is 1.40. The minimum Gasteiger partial charge on any atom is -0.338 e. The van der Waals surface area contributed by atoms with Gasteiger partial charge in [0.15, 0.2) is 5.65 Å². The van der Waals surface area contributed by atoms with Crippen LogP contribution in [0.2, 0.25) is 0 Å². The largest absolute Gasteiger partial charge is 0.338 e. The number of amides is 1. The lowest BCUT2D eigenvalue weighted by atomic mass is 9.99. The van der Waals surface area contributed by atoms with Crippen LogP contribution in [0.5, 0.6) is 0 Å². The number of aromatic nitrogens is 3. The molecule has 23 heavy (non-hydrogen) atoms. The number of hydrogen-bond acceptors (Lipinski definition) is 4. The van der Waals surface area contributed by atoms with E-state index in [1.54, 1.807) is 11.3 Å². The van der Waals surface area contributed by atoms with Crippen molar-refractivity contribution in [2.45, 2.75) is 32.2 Å². The molecule has 0 radical (unpaired) electrons. The van der Waals surface area contributed by atoms with Gasteiger partial charge in [0.25, 0.3) is 0 Å². The molecule has 1 amide bonds. The summed E-state index contributed by atoms with van der Waals surface area (Å²) in [4.78, 5) is 20.1. The Kier molecular flexibility index (Phi) is 3.83. The molecule has 0 unspecified atom stereocenters. The molecule has 6 heteroatoms. The lowest BCUT2D eigenvalue weighted by Gasteiger charge is -2.29. The summed E-state index contributed by atoms with van der Waals surface area (Å²) in [5, 5.41) is 10.1. The number of nitrogens with zero attached hydrogens (tertiary/aromatic N) is 3. The highest BCUT2D eigenvalue weighted by Gasteiger charge is 2.22. The summed E-state index contributed by atoms with van der Waals surface area (Å²) in [7, 11) is 0. The fraction of sp³-hybridized carbons (Fsp3) is 0.353. The molecule has 4 heterocycles. The molecule has 118 valence electrons. The predicted octanol–water partition coefficient (Wildman–Crippen LogP) is 2.93. The Morgan fingerprint density at radius 3 is 3.22 bits per heavy atom. The molecule has 4 rings (SSSR count). The second kappa shape index (κ2) is 6.12. The number of H-pyrrole nitrogens is 1. The first-order valence-electron chi connectivity index (χ1n) is 7.91. The number of fused-ring (bicyclic) bond motifs is 3. The van der Waals surface area contributed by atoms with E-state index in [0.29, 0.717) is 13.0 Å². The van der Waals surface area contributed by atoms with Crippen LogP contribution >= 0.6 is 11.3 Å². The number of aromatic amines is 1. The summed E-state index contributed by atoms with van der Waals surface area (Å²) >= 11 is 1.76. The van der Waals surface area contributed by atoms with Crippen molar-refractivity contribution < 1.29 is 4.79 Å². The number of thiophene rings is 1. The average Bonchev–Trinajstić information content (AvgIpc) is 3.25. The van der Waals surface area contributed by atoms with Crippen LogP contribution in [-0.2, 0) is 24.2 Å². The molecule has 1 aliphatic heterocycles. The van der Waals surface area contributed by atoms with Gasteiger partial charge in [0.2, 0.25) is 5.91 Å². The van der Waals surface area contributed by atoms with E-state index in [1.807, 2.05) is 17.3 Å². The molecule has 0 bridgehead atoms. The van der Waals surface area contributed by atoms with E-state index in [0.717, 1.165) is 42.4 Å². The Labute approximate surface area is 138 Å². The second-order valence-corrected chi connectivity index (χ2v) is 6.92. The molecular formula is C17H18N4OS. The van der Waals surface area contributed by atoms with Crippen LogP contribution in [0.4, 0.5) is 0 Å². The molecule has 3 aromatic rings. The molecule has 3 aromatic heterocycles. The monoisotopic (exact) mass is 326 g/mol. The molecular weight excluding hydrogens is 308 g/mol. The molecule has 0 saturated carbocycles. The van der Waals surface area contributed by atoms with Crippen molar-refractivity contribution >= 4 is 28.3 Å². The van der Waals surface area contributed by atoms with Gasteiger partial charge in [-0.1, -0.05) is 6.07 Å². The quantitative estimate of drug-likeness (QED) is 0.802. The highest BCUT2D eigenvalue weighted by molar-refractivity contribution is 7.09. The van der Waals surface area contributed by atoms with Gasteiger partial charge in [-0.2, -0.15) is 5.10 Å². The van der Waals surface area contributed by atoms with Gasteiger partial charge in [-0.3, -0.25) is 9.89 Å². The van der Waals surface area contributed by atoms with Gasteiger partial charge < -0.3 is 4.90 Å². The second-order valence-electron chi connectivity index (χ2n) is 5.89. The van der Waals surface area contributed by atoms with Gasteiger partial charge >= 0.3 is 0 Å². The summed E-state index contributed by atoms with van der Waals surface area (Å²) in [6.45, 7) is 1.45. The Morgan fingerprint density at radius 2 is 2.35 bits per heavy atom. The van der Waals surface area contributed by atoms with Crippen LogP contribution in [-0.4, -0.2) is 32.5 Å². The molecule has 1 aliphatic rings. The molecule has 0 fully saturated rings. The third kappa shape index (κ3) is 2.86. The standard InChI is InChI=1S/C17H18N4OS/c22-16(5-1-3-13-4-2-8-23-13)21-7-6-14-12(11-21)9-18-17-15(14)10-19-20-17/h2,4,8-10H,1,3,5-7,11H2,(H,18,19,20). The number of carbonyl (C=O) groups is 1. The van der Waals surface area contributed by atoms with Gasteiger partial charge in [0, 0.05) is 36.0 Å². The topological polar surface area (TPSA) is 61.9 Å². The van der Waals surface area contributed by atoms with Gasteiger partial charge in [-0.15, -0.1) is 11.3 Å². The van der Waals surface area contributed by atoms with Crippen LogP contribution in [0, 0.1) is 0 Å². The Hall–Kier alpha value is -2.21.